The number of hydrogen-bond donors (Lipinski definition) is 2. The van der Waals surface area contributed by atoms with Gasteiger partial charge in [0.1, 0.15) is 5.75 Å². The molecule has 0 radical (unpaired) electrons. The summed E-state index contributed by atoms with van der Waals surface area (Å²) in [7, 11) is 0. The molecule has 2 aliphatic heterocycles. The zero-order valence-corrected chi connectivity index (χ0v) is 10.6. The molecular weight excluding hydrogens is 232 g/mol. The van der Waals surface area contributed by atoms with Gasteiger partial charge in [0.25, 0.3) is 0 Å². The summed E-state index contributed by atoms with van der Waals surface area (Å²) in [6, 6.07) is 6.64. The number of nitrogens with one attached hydrogen (secondary N) is 1. The van der Waals surface area contributed by atoms with Crippen LogP contribution in [0.5, 0.6) is 5.75 Å². The standard InChI is InChI=1S/C13H18N2OS/c14-15-12(11-5-2-8-17-11)10-4-1-3-9-6-7-16-13(9)10/h1,3-4,11-12,15H,2,5-8,14H2. The molecule has 3 nitrogen and oxygen atoms in total. The lowest BCUT2D eigenvalue weighted by molar-refractivity contribution is 0.347. The van der Waals surface area contributed by atoms with Gasteiger partial charge in [0.15, 0.2) is 0 Å². The van der Waals surface area contributed by atoms with Crippen LogP contribution in [0.25, 0.3) is 0 Å². The molecule has 0 aliphatic carbocycles. The van der Waals surface area contributed by atoms with Crippen molar-refractivity contribution in [1.82, 2.24) is 5.43 Å². The molecule has 1 fully saturated rings. The Morgan fingerprint density at radius 2 is 2.41 bits per heavy atom. The minimum Gasteiger partial charge on any atom is -0.493 e. The minimum absolute atomic E-state index is 0.218. The van der Waals surface area contributed by atoms with Gasteiger partial charge in [0.2, 0.25) is 0 Å². The molecule has 1 aromatic carbocycles. The van der Waals surface area contributed by atoms with Gasteiger partial charge in [-0.1, -0.05) is 18.2 Å². The maximum Gasteiger partial charge on any atom is 0.127 e. The Balaban J connectivity index is 1.93. The zero-order chi connectivity index (χ0) is 11.7. The summed E-state index contributed by atoms with van der Waals surface area (Å²) in [5, 5.41) is 0.579. The first kappa shape index (κ1) is 11.4. The third kappa shape index (κ3) is 2.05. The van der Waals surface area contributed by atoms with Crippen molar-refractivity contribution in [3.8, 4) is 5.75 Å². The highest BCUT2D eigenvalue weighted by Gasteiger charge is 2.30. The fourth-order valence-corrected chi connectivity index (χ4v) is 4.14. The third-order valence-electron chi connectivity index (χ3n) is 3.60. The lowest BCUT2D eigenvalue weighted by Crippen LogP contribution is -2.34. The first-order chi connectivity index (χ1) is 8.40. The number of hydrazine groups is 1. The number of thioether (sulfide) groups is 1. The summed E-state index contributed by atoms with van der Waals surface area (Å²) < 4.78 is 5.77. The summed E-state index contributed by atoms with van der Waals surface area (Å²) in [6.45, 7) is 0.807. The molecule has 2 heterocycles. The minimum atomic E-state index is 0.218. The lowest BCUT2D eigenvalue weighted by Gasteiger charge is -2.24. The van der Waals surface area contributed by atoms with E-state index in [2.05, 4.69) is 23.6 Å². The Morgan fingerprint density at radius 1 is 1.47 bits per heavy atom. The van der Waals surface area contributed by atoms with Crippen LogP contribution >= 0.6 is 11.8 Å². The van der Waals surface area contributed by atoms with Crippen molar-refractivity contribution in [2.24, 2.45) is 5.84 Å². The van der Waals surface area contributed by atoms with E-state index >= 15 is 0 Å². The van der Waals surface area contributed by atoms with Crippen molar-refractivity contribution in [2.75, 3.05) is 12.4 Å². The van der Waals surface area contributed by atoms with Gasteiger partial charge in [-0.2, -0.15) is 11.8 Å². The highest BCUT2D eigenvalue weighted by atomic mass is 32.2. The number of para-hydroxylation sites is 1. The quantitative estimate of drug-likeness (QED) is 0.636. The van der Waals surface area contributed by atoms with Crippen LogP contribution in [0.1, 0.15) is 30.0 Å². The van der Waals surface area contributed by atoms with E-state index in [1.54, 1.807) is 0 Å². The number of ether oxygens (including phenoxy) is 1. The van der Waals surface area contributed by atoms with E-state index in [0.717, 1.165) is 18.8 Å². The van der Waals surface area contributed by atoms with Gasteiger partial charge >= 0.3 is 0 Å². The maximum absolute atomic E-state index is 5.77. The van der Waals surface area contributed by atoms with Crippen molar-refractivity contribution < 1.29 is 4.74 Å². The van der Waals surface area contributed by atoms with Crippen LogP contribution in [0.4, 0.5) is 0 Å². The number of hydrogen-bond acceptors (Lipinski definition) is 4. The molecule has 1 aromatic rings. The van der Waals surface area contributed by atoms with E-state index in [9.17, 15) is 0 Å². The van der Waals surface area contributed by atoms with Gasteiger partial charge < -0.3 is 4.74 Å². The Kier molecular flexibility index (Phi) is 3.27. The largest absolute Gasteiger partial charge is 0.493 e. The van der Waals surface area contributed by atoms with Gasteiger partial charge in [-0.3, -0.25) is 11.3 Å². The second kappa shape index (κ2) is 4.88. The highest BCUT2D eigenvalue weighted by molar-refractivity contribution is 8.00. The molecule has 2 unspecified atom stereocenters. The van der Waals surface area contributed by atoms with Crippen LogP contribution in [0.3, 0.4) is 0 Å². The molecule has 0 amide bonds. The molecule has 3 rings (SSSR count). The number of benzene rings is 1. The highest BCUT2D eigenvalue weighted by Crippen LogP contribution is 2.41. The summed E-state index contributed by atoms with van der Waals surface area (Å²) in [5.74, 6) is 8.08. The molecule has 0 aromatic heterocycles. The van der Waals surface area contributed by atoms with E-state index in [0.29, 0.717) is 5.25 Å². The van der Waals surface area contributed by atoms with Gasteiger partial charge in [0, 0.05) is 17.2 Å². The lowest BCUT2D eigenvalue weighted by atomic mass is 9.98. The van der Waals surface area contributed by atoms with Crippen LogP contribution in [0.2, 0.25) is 0 Å². The zero-order valence-electron chi connectivity index (χ0n) is 9.82. The molecule has 2 atom stereocenters. The Labute approximate surface area is 106 Å². The molecule has 17 heavy (non-hydrogen) atoms. The van der Waals surface area contributed by atoms with Crippen molar-refractivity contribution >= 4 is 11.8 Å². The molecule has 2 aliphatic rings. The molecule has 0 bridgehead atoms. The van der Waals surface area contributed by atoms with Crippen molar-refractivity contribution in [3.05, 3.63) is 29.3 Å². The summed E-state index contributed by atoms with van der Waals surface area (Å²) in [5.41, 5.74) is 5.55. The summed E-state index contributed by atoms with van der Waals surface area (Å²) in [4.78, 5) is 0. The first-order valence-electron chi connectivity index (χ1n) is 6.22. The maximum atomic E-state index is 5.77. The van der Waals surface area contributed by atoms with Crippen LogP contribution < -0.4 is 16.0 Å². The molecule has 4 heteroatoms. The average molecular weight is 250 g/mol. The monoisotopic (exact) mass is 250 g/mol. The molecule has 0 spiro atoms. The predicted octanol–water partition coefficient (Wildman–Crippen LogP) is 2.02. The van der Waals surface area contributed by atoms with Crippen molar-refractivity contribution in [1.29, 1.82) is 0 Å². The Bertz CT molecular complexity index is 404. The number of fused-ring (bicyclic) bond motifs is 1. The third-order valence-corrected chi connectivity index (χ3v) is 5.06. The van der Waals surface area contributed by atoms with Crippen LogP contribution in [-0.4, -0.2) is 17.6 Å². The second-order valence-corrected chi connectivity index (χ2v) is 5.98. The molecule has 1 saturated heterocycles. The van der Waals surface area contributed by atoms with Gasteiger partial charge in [-0.25, -0.2) is 0 Å². The molecule has 92 valence electrons. The van der Waals surface area contributed by atoms with E-state index in [1.165, 1.54) is 29.7 Å². The predicted molar refractivity (Wildman–Crippen MR) is 71.2 cm³/mol. The van der Waals surface area contributed by atoms with E-state index in [1.807, 2.05) is 11.8 Å². The number of rotatable bonds is 3. The van der Waals surface area contributed by atoms with Gasteiger partial charge in [0.05, 0.1) is 12.6 Å². The van der Waals surface area contributed by atoms with Crippen LogP contribution in [-0.2, 0) is 6.42 Å². The SMILES string of the molecule is NNC(c1cccc2c1OCC2)C1CCCS1. The first-order valence-corrected chi connectivity index (χ1v) is 7.27. The normalized spacial score (nSPS) is 24.4. The Morgan fingerprint density at radius 3 is 3.18 bits per heavy atom. The van der Waals surface area contributed by atoms with E-state index in [-0.39, 0.29) is 6.04 Å². The fraction of sp³-hybridized carbons (Fsp3) is 0.538. The van der Waals surface area contributed by atoms with Crippen LogP contribution in [0, 0.1) is 0 Å². The fourth-order valence-electron chi connectivity index (χ4n) is 2.75. The Hall–Kier alpha value is -0.710. The topological polar surface area (TPSA) is 47.3 Å². The second-order valence-electron chi connectivity index (χ2n) is 4.63. The van der Waals surface area contributed by atoms with Crippen molar-refractivity contribution in [3.63, 3.8) is 0 Å². The number of nitrogens with two attached hydrogens (primary N) is 1. The smallest absolute Gasteiger partial charge is 0.127 e. The molecule has 0 saturated carbocycles. The summed E-state index contributed by atoms with van der Waals surface area (Å²) >= 11 is 2.02. The van der Waals surface area contributed by atoms with Crippen LogP contribution in [0.15, 0.2) is 18.2 Å². The average Bonchev–Trinajstić information content (AvgIpc) is 3.00. The van der Waals surface area contributed by atoms with Gasteiger partial charge in [-0.05, 0) is 24.2 Å². The summed E-state index contributed by atoms with van der Waals surface area (Å²) in [6.07, 6.45) is 3.56. The van der Waals surface area contributed by atoms with E-state index in [4.69, 9.17) is 10.6 Å². The van der Waals surface area contributed by atoms with Crippen molar-refractivity contribution in [2.45, 2.75) is 30.6 Å². The molecular formula is C13H18N2OS. The van der Waals surface area contributed by atoms with E-state index < -0.39 is 0 Å². The van der Waals surface area contributed by atoms with Gasteiger partial charge in [-0.15, -0.1) is 0 Å². The molecule has 3 N–H and O–H groups in total.